The highest BCUT2D eigenvalue weighted by Gasteiger charge is 2.04. The molecule has 1 aromatic rings. The van der Waals surface area contributed by atoms with Gasteiger partial charge >= 0.3 is 0 Å². The standard InChI is InChI=1S/C12H18ClN3O/c1-16-6-2-3-7-17-11-5-4-9(12(14)15)8-10(11)13/h4-5,8,16H,2-3,6-7H2,1H3,(H3,14,15). The molecule has 0 atom stereocenters. The van der Waals surface area contributed by atoms with Gasteiger partial charge in [0, 0.05) is 5.56 Å². The van der Waals surface area contributed by atoms with Crippen LogP contribution in [0.2, 0.25) is 5.02 Å². The Labute approximate surface area is 107 Å². The van der Waals surface area contributed by atoms with Crippen LogP contribution in [0.5, 0.6) is 5.75 Å². The summed E-state index contributed by atoms with van der Waals surface area (Å²) >= 11 is 6.02. The van der Waals surface area contributed by atoms with Gasteiger partial charge in [-0.1, -0.05) is 11.6 Å². The van der Waals surface area contributed by atoms with Crippen LogP contribution in [0, 0.1) is 5.41 Å². The molecular formula is C12H18ClN3O. The minimum Gasteiger partial charge on any atom is -0.492 e. The maximum absolute atomic E-state index is 7.29. The highest BCUT2D eigenvalue weighted by Crippen LogP contribution is 2.25. The van der Waals surface area contributed by atoms with E-state index in [-0.39, 0.29) is 5.84 Å². The van der Waals surface area contributed by atoms with Crippen molar-refractivity contribution in [3.05, 3.63) is 28.8 Å². The van der Waals surface area contributed by atoms with Crippen molar-refractivity contribution in [1.82, 2.24) is 5.32 Å². The number of ether oxygens (including phenoxy) is 1. The largest absolute Gasteiger partial charge is 0.492 e. The zero-order valence-corrected chi connectivity index (χ0v) is 10.7. The van der Waals surface area contributed by atoms with Gasteiger partial charge in [-0.25, -0.2) is 0 Å². The smallest absolute Gasteiger partial charge is 0.137 e. The van der Waals surface area contributed by atoms with Crippen LogP contribution in [-0.2, 0) is 0 Å². The van der Waals surface area contributed by atoms with Crippen molar-refractivity contribution < 1.29 is 4.74 Å². The zero-order chi connectivity index (χ0) is 12.7. The van der Waals surface area contributed by atoms with Crippen LogP contribution in [0.15, 0.2) is 18.2 Å². The number of nitrogens with two attached hydrogens (primary N) is 1. The molecule has 0 aromatic heterocycles. The third-order valence-corrected chi connectivity index (χ3v) is 2.62. The third-order valence-electron chi connectivity index (χ3n) is 2.32. The van der Waals surface area contributed by atoms with E-state index in [1.165, 1.54) is 0 Å². The number of halogens is 1. The molecule has 0 saturated carbocycles. The molecule has 5 heteroatoms. The van der Waals surface area contributed by atoms with Gasteiger partial charge in [0.25, 0.3) is 0 Å². The van der Waals surface area contributed by atoms with Gasteiger partial charge in [-0.3, -0.25) is 5.41 Å². The first-order valence-electron chi connectivity index (χ1n) is 5.56. The maximum atomic E-state index is 7.29. The molecule has 94 valence electrons. The van der Waals surface area contributed by atoms with Crippen molar-refractivity contribution in [3.8, 4) is 5.75 Å². The predicted molar refractivity (Wildman–Crippen MR) is 71.1 cm³/mol. The van der Waals surface area contributed by atoms with E-state index in [1.54, 1.807) is 18.2 Å². The summed E-state index contributed by atoms with van der Waals surface area (Å²) in [5, 5.41) is 10.9. The molecule has 1 rings (SSSR count). The van der Waals surface area contributed by atoms with Crippen molar-refractivity contribution in [2.24, 2.45) is 5.73 Å². The Morgan fingerprint density at radius 2 is 2.24 bits per heavy atom. The van der Waals surface area contributed by atoms with Gasteiger partial charge in [-0.15, -0.1) is 0 Å². The summed E-state index contributed by atoms with van der Waals surface area (Å²) in [4.78, 5) is 0. The van der Waals surface area contributed by atoms with Gasteiger partial charge in [0.05, 0.1) is 11.6 Å². The Hall–Kier alpha value is -1.26. The van der Waals surface area contributed by atoms with Gasteiger partial charge in [0.2, 0.25) is 0 Å². The topological polar surface area (TPSA) is 71.1 Å². The number of rotatable bonds is 7. The number of nitrogens with one attached hydrogen (secondary N) is 2. The molecule has 1 aromatic carbocycles. The first kappa shape index (κ1) is 13.8. The van der Waals surface area contributed by atoms with E-state index in [9.17, 15) is 0 Å². The highest BCUT2D eigenvalue weighted by molar-refractivity contribution is 6.32. The van der Waals surface area contributed by atoms with Gasteiger partial charge in [0.15, 0.2) is 0 Å². The Morgan fingerprint density at radius 3 is 2.82 bits per heavy atom. The summed E-state index contributed by atoms with van der Waals surface area (Å²) < 4.78 is 5.55. The van der Waals surface area contributed by atoms with Crippen LogP contribution in [-0.4, -0.2) is 26.0 Å². The van der Waals surface area contributed by atoms with E-state index in [0.717, 1.165) is 19.4 Å². The minimum atomic E-state index is 0.00692. The summed E-state index contributed by atoms with van der Waals surface area (Å²) in [6.07, 6.45) is 2.05. The summed E-state index contributed by atoms with van der Waals surface area (Å²) in [6.45, 7) is 1.63. The van der Waals surface area contributed by atoms with Crippen LogP contribution >= 0.6 is 11.6 Å². The predicted octanol–water partition coefficient (Wildman–Crippen LogP) is 2.00. The van der Waals surface area contributed by atoms with Gasteiger partial charge in [-0.05, 0) is 44.6 Å². The summed E-state index contributed by atoms with van der Waals surface area (Å²) in [5.74, 6) is 0.647. The fraction of sp³-hybridized carbons (Fsp3) is 0.417. The monoisotopic (exact) mass is 255 g/mol. The molecule has 0 amide bonds. The second kappa shape index (κ2) is 7.14. The molecule has 0 spiro atoms. The first-order chi connectivity index (χ1) is 8.15. The van der Waals surface area contributed by atoms with Crippen LogP contribution in [0.4, 0.5) is 0 Å². The number of unbranched alkanes of at least 4 members (excludes halogenated alkanes) is 1. The maximum Gasteiger partial charge on any atom is 0.137 e. The summed E-state index contributed by atoms with van der Waals surface area (Å²) in [6, 6.07) is 5.13. The zero-order valence-electron chi connectivity index (χ0n) is 9.92. The average molecular weight is 256 g/mol. The second-order valence-corrected chi connectivity index (χ2v) is 4.13. The molecule has 4 nitrogen and oxygen atoms in total. The molecule has 0 aliphatic rings. The molecule has 0 aliphatic carbocycles. The van der Waals surface area contributed by atoms with Gasteiger partial charge in [-0.2, -0.15) is 0 Å². The molecule has 0 saturated heterocycles. The number of benzene rings is 1. The van der Waals surface area contributed by atoms with Gasteiger partial charge < -0.3 is 15.8 Å². The SMILES string of the molecule is CNCCCCOc1ccc(C(=N)N)cc1Cl. The quantitative estimate of drug-likeness (QED) is 0.396. The van der Waals surface area contributed by atoms with Crippen molar-refractivity contribution in [1.29, 1.82) is 5.41 Å². The molecule has 0 aliphatic heterocycles. The lowest BCUT2D eigenvalue weighted by atomic mass is 10.2. The van der Waals surface area contributed by atoms with E-state index in [2.05, 4.69) is 5.32 Å². The summed E-state index contributed by atoms with van der Waals surface area (Å²) in [5.41, 5.74) is 5.97. The highest BCUT2D eigenvalue weighted by atomic mass is 35.5. The van der Waals surface area contributed by atoms with Gasteiger partial charge in [0.1, 0.15) is 11.6 Å². The lowest BCUT2D eigenvalue weighted by molar-refractivity contribution is 0.306. The Morgan fingerprint density at radius 1 is 1.47 bits per heavy atom. The molecule has 0 unspecified atom stereocenters. The Balaban J connectivity index is 2.46. The van der Waals surface area contributed by atoms with E-state index < -0.39 is 0 Å². The molecule has 0 bridgehead atoms. The van der Waals surface area contributed by atoms with Crippen LogP contribution < -0.4 is 15.8 Å². The van der Waals surface area contributed by atoms with Crippen molar-refractivity contribution >= 4 is 17.4 Å². The van der Waals surface area contributed by atoms with E-state index in [1.807, 2.05) is 7.05 Å². The minimum absolute atomic E-state index is 0.00692. The molecule has 0 heterocycles. The van der Waals surface area contributed by atoms with E-state index >= 15 is 0 Å². The normalized spacial score (nSPS) is 10.2. The molecule has 4 N–H and O–H groups in total. The molecule has 0 fully saturated rings. The number of amidine groups is 1. The lowest BCUT2D eigenvalue weighted by Gasteiger charge is -2.09. The molecule has 0 radical (unpaired) electrons. The second-order valence-electron chi connectivity index (χ2n) is 3.72. The van der Waals surface area contributed by atoms with Crippen LogP contribution in [0.3, 0.4) is 0 Å². The first-order valence-corrected chi connectivity index (χ1v) is 5.94. The van der Waals surface area contributed by atoms with E-state index in [4.69, 9.17) is 27.5 Å². The third kappa shape index (κ3) is 4.63. The fourth-order valence-corrected chi connectivity index (χ4v) is 1.61. The molecular weight excluding hydrogens is 238 g/mol. The van der Waals surface area contributed by atoms with Crippen molar-refractivity contribution in [3.63, 3.8) is 0 Å². The number of hydrogen-bond donors (Lipinski definition) is 3. The van der Waals surface area contributed by atoms with Crippen LogP contribution in [0.25, 0.3) is 0 Å². The van der Waals surface area contributed by atoms with Crippen LogP contribution in [0.1, 0.15) is 18.4 Å². The number of hydrogen-bond acceptors (Lipinski definition) is 3. The average Bonchev–Trinajstić information content (AvgIpc) is 2.30. The summed E-state index contributed by atoms with van der Waals surface area (Å²) in [7, 11) is 1.93. The van der Waals surface area contributed by atoms with Crippen molar-refractivity contribution in [2.45, 2.75) is 12.8 Å². The fourth-order valence-electron chi connectivity index (χ4n) is 1.37. The van der Waals surface area contributed by atoms with Crippen molar-refractivity contribution in [2.75, 3.05) is 20.2 Å². The Bertz CT molecular complexity index is 382. The number of nitrogen functional groups attached to an aromatic ring is 1. The lowest BCUT2D eigenvalue weighted by Crippen LogP contribution is -2.11. The van der Waals surface area contributed by atoms with E-state index in [0.29, 0.717) is 22.9 Å². The molecule has 17 heavy (non-hydrogen) atoms. The Kier molecular flexibility index (Phi) is 5.80.